The SMILES string of the molecule is COc1ccc(N)c(C(=O)OCC2CCCCO2)c1. The molecule has 0 amide bonds. The molecule has 1 saturated heterocycles. The molecule has 0 aliphatic carbocycles. The lowest BCUT2D eigenvalue weighted by Gasteiger charge is -2.22. The number of rotatable bonds is 4. The highest BCUT2D eigenvalue weighted by molar-refractivity contribution is 5.95. The van der Waals surface area contributed by atoms with Crippen LogP contribution in [0.4, 0.5) is 5.69 Å². The standard InChI is InChI=1S/C14H19NO4/c1-17-10-5-6-13(15)12(8-10)14(16)19-9-11-4-2-3-7-18-11/h5-6,8,11H,2-4,7,9,15H2,1H3. The van der Waals surface area contributed by atoms with Gasteiger partial charge in [-0.1, -0.05) is 0 Å². The molecule has 0 saturated carbocycles. The topological polar surface area (TPSA) is 70.8 Å². The van der Waals surface area contributed by atoms with E-state index in [0.29, 0.717) is 17.0 Å². The van der Waals surface area contributed by atoms with Gasteiger partial charge in [-0.3, -0.25) is 0 Å². The molecule has 0 spiro atoms. The third-order valence-electron chi connectivity index (χ3n) is 3.15. The number of nitrogen functional groups attached to an aromatic ring is 1. The second-order valence-electron chi connectivity index (χ2n) is 4.54. The van der Waals surface area contributed by atoms with Crippen molar-refractivity contribution in [2.75, 3.05) is 26.1 Å². The molecular weight excluding hydrogens is 246 g/mol. The number of methoxy groups -OCH3 is 1. The quantitative estimate of drug-likeness (QED) is 0.666. The summed E-state index contributed by atoms with van der Waals surface area (Å²) in [7, 11) is 1.54. The number of anilines is 1. The van der Waals surface area contributed by atoms with Crippen LogP contribution in [0.1, 0.15) is 29.6 Å². The number of benzene rings is 1. The largest absolute Gasteiger partial charge is 0.497 e. The molecule has 1 atom stereocenters. The molecule has 0 radical (unpaired) electrons. The van der Waals surface area contributed by atoms with Crippen LogP contribution in [0, 0.1) is 0 Å². The van der Waals surface area contributed by atoms with Gasteiger partial charge in [0, 0.05) is 12.3 Å². The summed E-state index contributed by atoms with van der Waals surface area (Å²) in [6.45, 7) is 1.01. The molecule has 5 heteroatoms. The Bertz CT molecular complexity index is 441. The van der Waals surface area contributed by atoms with E-state index < -0.39 is 5.97 Å². The smallest absolute Gasteiger partial charge is 0.340 e. The minimum absolute atomic E-state index is 0.00420. The summed E-state index contributed by atoms with van der Waals surface area (Å²) in [5.41, 5.74) is 6.48. The lowest BCUT2D eigenvalue weighted by atomic mass is 10.1. The van der Waals surface area contributed by atoms with Crippen molar-refractivity contribution in [2.24, 2.45) is 0 Å². The van der Waals surface area contributed by atoms with E-state index in [-0.39, 0.29) is 12.7 Å². The van der Waals surface area contributed by atoms with E-state index in [1.807, 2.05) is 0 Å². The second kappa shape index (κ2) is 6.43. The highest BCUT2D eigenvalue weighted by Crippen LogP contribution is 2.21. The van der Waals surface area contributed by atoms with Crippen LogP contribution in [0.3, 0.4) is 0 Å². The maximum atomic E-state index is 12.0. The van der Waals surface area contributed by atoms with E-state index >= 15 is 0 Å². The first-order valence-corrected chi connectivity index (χ1v) is 6.43. The van der Waals surface area contributed by atoms with E-state index in [1.54, 1.807) is 18.2 Å². The highest BCUT2D eigenvalue weighted by Gasteiger charge is 2.18. The number of carbonyl (C=O) groups excluding carboxylic acids is 1. The van der Waals surface area contributed by atoms with Crippen LogP contribution in [-0.4, -0.2) is 32.4 Å². The van der Waals surface area contributed by atoms with Crippen molar-refractivity contribution < 1.29 is 19.0 Å². The molecule has 1 unspecified atom stereocenters. The Morgan fingerprint density at radius 2 is 2.32 bits per heavy atom. The van der Waals surface area contributed by atoms with Gasteiger partial charge in [0.1, 0.15) is 12.4 Å². The normalized spacial score (nSPS) is 18.9. The van der Waals surface area contributed by atoms with Gasteiger partial charge in [0.25, 0.3) is 0 Å². The molecular formula is C14H19NO4. The average Bonchev–Trinajstić information content (AvgIpc) is 2.46. The van der Waals surface area contributed by atoms with Gasteiger partial charge in [-0.05, 0) is 37.5 Å². The van der Waals surface area contributed by atoms with E-state index in [4.69, 9.17) is 19.9 Å². The van der Waals surface area contributed by atoms with Gasteiger partial charge in [-0.2, -0.15) is 0 Å². The Labute approximate surface area is 112 Å². The summed E-state index contributed by atoms with van der Waals surface area (Å²) in [6.07, 6.45) is 3.13. The van der Waals surface area contributed by atoms with E-state index in [0.717, 1.165) is 25.9 Å². The summed E-state index contributed by atoms with van der Waals surface area (Å²) in [4.78, 5) is 12.0. The van der Waals surface area contributed by atoms with Crippen molar-refractivity contribution in [3.05, 3.63) is 23.8 Å². The molecule has 104 valence electrons. The number of nitrogens with two attached hydrogens (primary N) is 1. The molecule has 2 rings (SSSR count). The summed E-state index contributed by atoms with van der Waals surface area (Å²) in [5, 5.41) is 0. The van der Waals surface area contributed by atoms with Gasteiger partial charge in [0.15, 0.2) is 0 Å². The van der Waals surface area contributed by atoms with Crippen molar-refractivity contribution in [2.45, 2.75) is 25.4 Å². The highest BCUT2D eigenvalue weighted by atomic mass is 16.6. The molecule has 1 fully saturated rings. The lowest BCUT2D eigenvalue weighted by molar-refractivity contribution is -0.0300. The van der Waals surface area contributed by atoms with Gasteiger partial charge < -0.3 is 19.9 Å². The molecule has 1 aliphatic rings. The van der Waals surface area contributed by atoms with Crippen molar-refractivity contribution in [1.82, 2.24) is 0 Å². The van der Waals surface area contributed by atoms with Crippen LogP contribution < -0.4 is 10.5 Å². The molecule has 5 nitrogen and oxygen atoms in total. The Balaban J connectivity index is 1.95. The Morgan fingerprint density at radius 1 is 1.47 bits per heavy atom. The van der Waals surface area contributed by atoms with Crippen LogP contribution in [0.15, 0.2) is 18.2 Å². The fourth-order valence-electron chi connectivity index (χ4n) is 2.02. The molecule has 1 heterocycles. The van der Waals surface area contributed by atoms with Gasteiger partial charge in [0.05, 0.1) is 18.8 Å². The summed E-state index contributed by atoms with van der Waals surface area (Å²) < 4.78 is 15.8. The number of hydrogen-bond donors (Lipinski definition) is 1. The third-order valence-corrected chi connectivity index (χ3v) is 3.15. The summed E-state index contributed by atoms with van der Waals surface area (Å²) >= 11 is 0. The molecule has 1 aromatic carbocycles. The van der Waals surface area contributed by atoms with Crippen molar-refractivity contribution in [3.8, 4) is 5.75 Å². The van der Waals surface area contributed by atoms with E-state index in [9.17, 15) is 4.79 Å². The Kier molecular flexibility index (Phi) is 4.63. The molecule has 1 aromatic rings. The summed E-state index contributed by atoms with van der Waals surface area (Å²) in [6, 6.07) is 4.92. The van der Waals surface area contributed by atoms with Gasteiger partial charge in [-0.25, -0.2) is 4.79 Å². The monoisotopic (exact) mass is 265 g/mol. The molecule has 1 aliphatic heterocycles. The third kappa shape index (κ3) is 3.61. The van der Waals surface area contributed by atoms with Crippen molar-refractivity contribution >= 4 is 11.7 Å². The molecule has 19 heavy (non-hydrogen) atoms. The lowest BCUT2D eigenvalue weighted by Crippen LogP contribution is -2.26. The van der Waals surface area contributed by atoms with Gasteiger partial charge >= 0.3 is 5.97 Å². The predicted molar refractivity (Wildman–Crippen MR) is 71.3 cm³/mol. The summed E-state index contributed by atoms with van der Waals surface area (Å²) in [5.74, 6) is 0.139. The maximum Gasteiger partial charge on any atom is 0.340 e. The van der Waals surface area contributed by atoms with E-state index in [1.165, 1.54) is 7.11 Å². The fraction of sp³-hybridized carbons (Fsp3) is 0.500. The maximum absolute atomic E-state index is 12.0. The van der Waals surface area contributed by atoms with E-state index in [2.05, 4.69) is 0 Å². The van der Waals surface area contributed by atoms with Crippen LogP contribution in [-0.2, 0) is 9.47 Å². The molecule has 2 N–H and O–H groups in total. The average molecular weight is 265 g/mol. The Hall–Kier alpha value is -1.75. The molecule has 0 bridgehead atoms. The molecule has 0 aromatic heterocycles. The fourth-order valence-corrected chi connectivity index (χ4v) is 2.02. The zero-order valence-electron chi connectivity index (χ0n) is 11.1. The van der Waals surface area contributed by atoms with Crippen molar-refractivity contribution in [3.63, 3.8) is 0 Å². The second-order valence-corrected chi connectivity index (χ2v) is 4.54. The number of ether oxygens (including phenoxy) is 3. The zero-order valence-corrected chi connectivity index (χ0v) is 11.1. The first kappa shape index (κ1) is 13.7. The first-order valence-electron chi connectivity index (χ1n) is 6.43. The van der Waals surface area contributed by atoms with Crippen LogP contribution in [0.5, 0.6) is 5.75 Å². The van der Waals surface area contributed by atoms with Gasteiger partial charge in [0.2, 0.25) is 0 Å². The zero-order chi connectivity index (χ0) is 13.7. The van der Waals surface area contributed by atoms with Gasteiger partial charge in [-0.15, -0.1) is 0 Å². The van der Waals surface area contributed by atoms with Crippen LogP contribution in [0.25, 0.3) is 0 Å². The van der Waals surface area contributed by atoms with Crippen LogP contribution >= 0.6 is 0 Å². The van der Waals surface area contributed by atoms with Crippen molar-refractivity contribution in [1.29, 1.82) is 0 Å². The number of esters is 1. The Morgan fingerprint density at radius 3 is 3.00 bits per heavy atom. The number of hydrogen-bond acceptors (Lipinski definition) is 5. The number of carbonyl (C=O) groups is 1. The minimum Gasteiger partial charge on any atom is -0.497 e. The van der Waals surface area contributed by atoms with Crippen LogP contribution in [0.2, 0.25) is 0 Å². The minimum atomic E-state index is -0.439. The first-order chi connectivity index (χ1) is 9.20. The predicted octanol–water partition coefficient (Wildman–Crippen LogP) is 2.00.